The van der Waals surface area contributed by atoms with Crippen molar-refractivity contribution in [1.82, 2.24) is 0 Å². The van der Waals surface area contributed by atoms with Crippen LogP contribution in [0.3, 0.4) is 0 Å². The highest BCUT2D eigenvalue weighted by atomic mass is 19.4. The quantitative estimate of drug-likeness (QED) is 0.646. The molecule has 8 heteroatoms. The van der Waals surface area contributed by atoms with Crippen molar-refractivity contribution in [3.8, 4) is 0 Å². The Hall–Kier alpha value is -1.21. The van der Waals surface area contributed by atoms with Gasteiger partial charge in [-0.15, -0.1) is 5.16 Å². The minimum atomic E-state index is -4.46. The van der Waals surface area contributed by atoms with Crippen molar-refractivity contribution in [2.24, 2.45) is 10.9 Å². The van der Waals surface area contributed by atoms with Crippen LogP contribution < -0.4 is 5.73 Å². The predicted octanol–water partition coefficient (Wildman–Crippen LogP) is 0.434. The number of rotatable bonds is 2. The first kappa shape index (κ1) is 9.88. The van der Waals surface area contributed by atoms with Crippen molar-refractivity contribution in [2.45, 2.75) is 18.7 Å². The molecule has 0 aromatic rings. The summed E-state index contributed by atoms with van der Waals surface area (Å²) in [4.78, 5) is 14.3. The van der Waals surface area contributed by atoms with Gasteiger partial charge in [0.2, 0.25) is 6.10 Å². The Morgan fingerprint density at radius 3 is 2.69 bits per heavy atom. The average Bonchev–Trinajstić information content (AvgIpc) is 2.32. The second kappa shape index (κ2) is 3.27. The van der Waals surface area contributed by atoms with Gasteiger partial charge >= 0.3 is 6.18 Å². The lowest BCUT2D eigenvalue weighted by Gasteiger charge is -2.11. The van der Waals surface area contributed by atoms with E-state index in [2.05, 4.69) is 9.99 Å². The van der Waals surface area contributed by atoms with Crippen LogP contribution in [0, 0.1) is 0 Å². The molecule has 4 nitrogen and oxygen atoms in total. The predicted molar refractivity (Wildman–Crippen MR) is 38.3 cm³/mol. The molecule has 0 aromatic heterocycles. The fourth-order valence-electron chi connectivity index (χ4n) is 0.821. The van der Waals surface area contributed by atoms with Crippen LogP contribution in [-0.4, -0.2) is 31.0 Å². The van der Waals surface area contributed by atoms with E-state index in [1.165, 1.54) is 0 Å². The number of nitrogens with two attached hydrogens (primary N) is 1. The summed E-state index contributed by atoms with van der Waals surface area (Å²) in [7, 11) is 0.811. The molecule has 1 heterocycles. The Bertz CT molecular complexity index is 253. The number of hydrogen-bond acceptors (Lipinski definition) is 3. The van der Waals surface area contributed by atoms with Crippen LogP contribution in [0.5, 0.6) is 0 Å². The fourth-order valence-corrected chi connectivity index (χ4v) is 0.821. The van der Waals surface area contributed by atoms with Gasteiger partial charge in [0.1, 0.15) is 0 Å². The number of amides is 1. The van der Waals surface area contributed by atoms with Crippen LogP contribution in [0.4, 0.5) is 18.0 Å². The minimum absolute atomic E-state index is 0.0881. The number of halogens is 3. The molecular formula is C5H5BF3N2O2. The maximum absolute atomic E-state index is 11.9. The van der Waals surface area contributed by atoms with Crippen LogP contribution in [0.25, 0.3) is 0 Å². The zero-order valence-electron chi connectivity index (χ0n) is 6.34. The molecule has 1 radical (unpaired) electrons. The zero-order valence-corrected chi connectivity index (χ0v) is 6.34. The van der Waals surface area contributed by atoms with Crippen LogP contribution in [0.1, 0.15) is 6.42 Å². The number of alkyl halides is 3. The lowest BCUT2D eigenvalue weighted by Crippen LogP contribution is -2.31. The molecule has 1 amide bonds. The van der Waals surface area contributed by atoms with E-state index in [1.54, 1.807) is 0 Å². The molecule has 13 heavy (non-hydrogen) atoms. The average molecular weight is 193 g/mol. The van der Waals surface area contributed by atoms with Crippen molar-refractivity contribution in [3.63, 3.8) is 0 Å². The summed E-state index contributed by atoms with van der Waals surface area (Å²) < 4.78 is 35.8. The third-order valence-corrected chi connectivity index (χ3v) is 1.37. The Balaban J connectivity index is 2.47. The van der Waals surface area contributed by atoms with Crippen molar-refractivity contribution < 1.29 is 22.8 Å². The molecule has 1 rings (SSSR count). The maximum atomic E-state index is 11.9. The number of carbonyl (C=O) groups excluding carboxylic acids is 1. The highest BCUT2D eigenvalue weighted by Gasteiger charge is 2.45. The molecule has 71 valence electrons. The second-order valence-corrected chi connectivity index (χ2v) is 2.47. The molecular weight excluding hydrogens is 188 g/mol. The Labute approximate surface area is 72.1 Å². The van der Waals surface area contributed by atoms with Crippen LogP contribution >= 0.6 is 0 Å². The number of primary amides is 1. The third-order valence-electron chi connectivity index (χ3n) is 1.37. The van der Waals surface area contributed by atoms with E-state index in [0.29, 0.717) is 0 Å². The van der Waals surface area contributed by atoms with Gasteiger partial charge in [0.15, 0.2) is 5.81 Å². The summed E-state index contributed by atoms with van der Waals surface area (Å²) in [6.07, 6.45) is -6.89. The lowest BCUT2D eigenvalue weighted by molar-refractivity contribution is -0.212. The first-order valence-corrected chi connectivity index (χ1v) is 3.33. The highest BCUT2D eigenvalue weighted by Crippen LogP contribution is 2.28. The number of hydrogen-bond donors (Lipinski definition) is 1. The second-order valence-electron chi connectivity index (χ2n) is 2.47. The first-order chi connectivity index (χ1) is 5.89. The molecule has 0 spiro atoms. The van der Waals surface area contributed by atoms with E-state index in [1.807, 2.05) is 0 Å². The summed E-state index contributed by atoms with van der Waals surface area (Å²) >= 11 is 0. The number of carbonyl (C=O) groups is 1. The number of oxime groups is 1. The smallest absolute Gasteiger partial charge is 0.383 e. The SMILES string of the molecule is NC(=O)[B]C1=NOC(C(F)(F)F)C1. The van der Waals surface area contributed by atoms with Gasteiger partial charge < -0.3 is 10.6 Å². The van der Waals surface area contributed by atoms with Gasteiger partial charge in [-0.05, 0) is 0 Å². The molecule has 0 saturated heterocycles. The molecule has 0 aliphatic carbocycles. The zero-order chi connectivity index (χ0) is 10.1. The van der Waals surface area contributed by atoms with E-state index in [4.69, 9.17) is 5.73 Å². The monoisotopic (exact) mass is 193 g/mol. The molecule has 1 unspecified atom stereocenters. The summed E-state index contributed by atoms with van der Waals surface area (Å²) in [6, 6.07) is 0. The van der Waals surface area contributed by atoms with Crippen molar-refractivity contribution in [3.05, 3.63) is 0 Å². The van der Waals surface area contributed by atoms with E-state index < -0.39 is 24.5 Å². The van der Waals surface area contributed by atoms with Crippen molar-refractivity contribution in [1.29, 1.82) is 0 Å². The van der Waals surface area contributed by atoms with E-state index >= 15 is 0 Å². The molecule has 0 aromatic carbocycles. The van der Waals surface area contributed by atoms with Gasteiger partial charge in [-0.3, -0.25) is 4.79 Å². The summed E-state index contributed by atoms with van der Waals surface area (Å²) in [5, 5.41) is 3.06. The van der Waals surface area contributed by atoms with Crippen LogP contribution in [-0.2, 0) is 4.84 Å². The van der Waals surface area contributed by atoms with Gasteiger partial charge in [-0.25, -0.2) is 0 Å². The third kappa shape index (κ3) is 2.64. The maximum Gasteiger partial charge on any atom is 0.428 e. The lowest BCUT2D eigenvalue weighted by atomic mass is 9.70. The van der Waals surface area contributed by atoms with Gasteiger partial charge in [-0.2, -0.15) is 13.2 Å². The molecule has 2 N–H and O–H groups in total. The number of nitrogens with zero attached hydrogens (tertiary/aromatic N) is 1. The molecule has 1 atom stereocenters. The normalized spacial score (nSPS) is 22.1. The Morgan fingerprint density at radius 2 is 2.31 bits per heavy atom. The van der Waals surface area contributed by atoms with E-state index in [9.17, 15) is 18.0 Å². The Morgan fingerprint density at radius 1 is 1.69 bits per heavy atom. The topological polar surface area (TPSA) is 64.7 Å². The summed E-state index contributed by atoms with van der Waals surface area (Å²) in [6.45, 7) is 0. The van der Waals surface area contributed by atoms with Gasteiger partial charge in [0.25, 0.3) is 7.28 Å². The largest absolute Gasteiger partial charge is 0.428 e. The van der Waals surface area contributed by atoms with E-state index in [0.717, 1.165) is 7.28 Å². The van der Waals surface area contributed by atoms with E-state index in [-0.39, 0.29) is 5.61 Å². The molecule has 1 aliphatic rings. The molecule has 0 bridgehead atoms. The first-order valence-electron chi connectivity index (χ1n) is 3.33. The van der Waals surface area contributed by atoms with Gasteiger partial charge in [0.05, 0.1) is 0 Å². The van der Waals surface area contributed by atoms with Gasteiger partial charge in [-0.1, -0.05) is 0 Å². The fraction of sp³-hybridized carbons (Fsp3) is 0.600. The molecule has 1 aliphatic heterocycles. The van der Waals surface area contributed by atoms with Crippen molar-refractivity contribution >= 4 is 18.7 Å². The summed E-state index contributed by atoms with van der Waals surface area (Å²) in [5.41, 5.74) is 4.63. The summed E-state index contributed by atoms with van der Waals surface area (Å²) in [5.74, 6) is -0.842. The molecule has 0 saturated carbocycles. The van der Waals surface area contributed by atoms with Crippen LogP contribution in [0.2, 0.25) is 0 Å². The standard InChI is InChI=1S/C5H5BF3N2O2/c7-5(8,9)2-1-3(11-13-2)6-4(10)12/h2H,1H2,(H2,10,12). The van der Waals surface area contributed by atoms with Gasteiger partial charge in [0, 0.05) is 12.0 Å². The highest BCUT2D eigenvalue weighted by molar-refractivity contribution is 6.97. The minimum Gasteiger partial charge on any atom is -0.383 e. The van der Waals surface area contributed by atoms with Crippen LogP contribution in [0.15, 0.2) is 5.16 Å². The Kier molecular flexibility index (Phi) is 2.49. The molecule has 0 fully saturated rings. The van der Waals surface area contributed by atoms with Crippen molar-refractivity contribution in [2.75, 3.05) is 0 Å².